The molecule has 1 aliphatic heterocycles. The van der Waals surface area contributed by atoms with Gasteiger partial charge in [0.1, 0.15) is 11.3 Å². The van der Waals surface area contributed by atoms with Crippen molar-refractivity contribution in [3.63, 3.8) is 0 Å². The molecule has 0 spiro atoms. The van der Waals surface area contributed by atoms with Crippen molar-refractivity contribution in [2.24, 2.45) is 0 Å². The van der Waals surface area contributed by atoms with Gasteiger partial charge in [-0.2, -0.15) is 0 Å². The molecule has 4 nitrogen and oxygen atoms in total. The third-order valence-corrected chi connectivity index (χ3v) is 9.43. The van der Waals surface area contributed by atoms with Gasteiger partial charge >= 0.3 is 0 Å². The Bertz CT molecular complexity index is 1830. The Labute approximate surface area is 210 Å². The Kier molecular flexibility index (Phi) is 4.26. The largest absolute Gasteiger partial charge is 0.268 e. The van der Waals surface area contributed by atoms with Crippen LogP contribution in [-0.2, 0) is 0 Å². The molecule has 7 rings (SSSR count). The molecule has 6 aromatic rings. The minimum absolute atomic E-state index is 0.0166. The lowest BCUT2D eigenvalue weighted by atomic mass is 9.98. The van der Waals surface area contributed by atoms with Crippen molar-refractivity contribution in [1.29, 1.82) is 0 Å². The van der Waals surface area contributed by atoms with Gasteiger partial charge in [-0.25, -0.2) is 4.98 Å². The van der Waals surface area contributed by atoms with Crippen molar-refractivity contribution in [2.75, 3.05) is 0 Å². The smallest absolute Gasteiger partial charge is 0.264 e. The van der Waals surface area contributed by atoms with Crippen LogP contribution in [0.4, 0.5) is 0 Å². The third kappa shape index (κ3) is 2.75. The van der Waals surface area contributed by atoms with E-state index in [1.165, 1.54) is 20.9 Å². The Morgan fingerprint density at radius 1 is 0.771 bits per heavy atom. The highest BCUT2D eigenvalue weighted by molar-refractivity contribution is 7.16. The topological polar surface area (TPSA) is 47.8 Å². The Balaban J connectivity index is 1.73. The number of aromatic nitrogens is 3. The zero-order valence-electron chi connectivity index (χ0n) is 19.8. The number of hydrogen-bond donors (Lipinski definition) is 0. The highest BCUT2D eigenvalue weighted by atomic mass is 32.1. The maximum absolute atomic E-state index is 13.8. The summed E-state index contributed by atoms with van der Waals surface area (Å²) in [4.78, 5) is 28.7. The van der Waals surface area contributed by atoms with E-state index in [-0.39, 0.29) is 5.91 Å². The van der Waals surface area contributed by atoms with Gasteiger partial charge in [-0.15, -0.1) is 22.7 Å². The number of carbonyl (C=O) groups is 1. The molecule has 0 saturated heterocycles. The zero-order valence-corrected chi connectivity index (χ0v) is 21.4. The number of benzene rings is 2. The van der Waals surface area contributed by atoms with Crippen LogP contribution in [-0.4, -0.2) is 20.4 Å². The van der Waals surface area contributed by atoms with E-state index in [0.29, 0.717) is 11.4 Å². The van der Waals surface area contributed by atoms with E-state index < -0.39 is 0 Å². The van der Waals surface area contributed by atoms with Gasteiger partial charge in [0.05, 0.1) is 16.6 Å². The fourth-order valence-corrected chi connectivity index (χ4v) is 7.29. The summed E-state index contributed by atoms with van der Waals surface area (Å²) in [7, 11) is 0. The molecule has 0 fully saturated rings. The van der Waals surface area contributed by atoms with E-state index >= 15 is 0 Å². The van der Waals surface area contributed by atoms with Crippen LogP contribution >= 0.6 is 22.7 Å². The molecule has 0 amide bonds. The number of hydrogen-bond acceptors (Lipinski definition) is 5. The second kappa shape index (κ2) is 7.20. The van der Waals surface area contributed by atoms with Gasteiger partial charge < -0.3 is 0 Å². The molecule has 1 aliphatic rings. The highest BCUT2D eigenvalue weighted by Gasteiger charge is 2.34. The molecule has 170 valence electrons. The van der Waals surface area contributed by atoms with E-state index in [1.54, 1.807) is 22.7 Å². The summed E-state index contributed by atoms with van der Waals surface area (Å²) in [5.41, 5.74) is 8.80. The lowest BCUT2D eigenvalue weighted by Crippen LogP contribution is -2.07. The van der Waals surface area contributed by atoms with Crippen LogP contribution in [0.2, 0.25) is 0 Å². The summed E-state index contributed by atoms with van der Waals surface area (Å²) in [5.74, 6) is 0.700. The van der Waals surface area contributed by atoms with Crippen LogP contribution in [0.1, 0.15) is 31.2 Å². The van der Waals surface area contributed by atoms with Crippen LogP contribution in [0, 0.1) is 27.7 Å². The first kappa shape index (κ1) is 20.7. The lowest BCUT2D eigenvalue weighted by Gasteiger charge is -2.13. The van der Waals surface area contributed by atoms with Crippen molar-refractivity contribution >= 4 is 50.5 Å². The van der Waals surface area contributed by atoms with Crippen LogP contribution in [0.15, 0.2) is 54.7 Å². The SMILES string of the molecule is Cc1cc(-c2c3ncccc3c(-c3cc(C)c(C)s3)c3c2nc2n3C(=O)c3ccccc3-2)sc1C. The maximum Gasteiger partial charge on any atom is 0.264 e. The first-order valence-electron chi connectivity index (χ1n) is 11.6. The number of fused-ring (bicyclic) bond motifs is 6. The molecular weight excluding hydrogens is 470 g/mol. The fourth-order valence-electron chi connectivity index (χ4n) is 5.11. The van der Waals surface area contributed by atoms with E-state index in [1.807, 2.05) is 41.1 Å². The minimum atomic E-state index is -0.0166. The van der Waals surface area contributed by atoms with E-state index in [9.17, 15) is 4.79 Å². The Morgan fingerprint density at radius 2 is 1.43 bits per heavy atom. The van der Waals surface area contributed by atoms with Crippen molar-refractivity contribution in [3.05, 3.63) is 81.2 Å². The Morgan fingerprint density at radius 3 is 2.09 bits per heavy atom. The van der Waals surface area contributed by atoms with Crippen LogP contribution in [0.25, 0.3) is 54.2 Å². The number of aryl methyl sites for hydroxylation is 4. The summed E-state index contributed by atoms with van der Waals surface area (Å²) < 4.78 is 1.84. The highest BCUT2D eigenvalue weighted by Crippen LogP contribution is 2.49. The molecule has 0 N–H and O–H groups in total. The van der Waals surface area contributed by atoms with Crippen LogP contribution < -0.4 is 0 Å². The van der Waals surface area contributed by atoms with Gasteiger partial charge in [-0.05, 0) is 63.1 Å². The molecule has 0 saturated carbocycles. The van der Waals surface area contributed by atoms with Gasteiger partial charge in [-0.3, -0.25) is 14.3 Å². The fraction of sp³-hybridized carbons (Fsp3) is 0.138. The maximum atomic E-state index is 13.8. The van der Waals surface area contributed by atoms with Gasteiger partial charge in [0.15, 0.2) is 0 Å². The molecule has 0 unspecified atom stereocenters. The number of imidazole rings is 1. The number of carbonyl (C=O) groups excluding carboxylic acids is 1. The molecule has 0 bridgehead atoms. The van der Waals surface area contributed by atoms with Gasteiger partial charge in [0.2, 0.25) is 0 Å². The van der Waals surface area contributed by atoms with Crippen LogP contribution in [0.5, 0.6) is 0 Å². The van der Waals surface area contributed by atoms with Crippen molar-refractivity contribution < 1.29 is 4.79 Å². The standard InChI is InChI=1S/C29H21N3OS2/c1-14-12-21(34-16(14)3)23-20-10-7-11-30-25(20)24(22-13-15(2)17(4)35-22)26-27(23)32-28(31-26)18-8-5-6-9-19(18)29(32)33/h5-13H,1-4H3. The average Bonchev–Trinajstić information content (AvgIpc) is 3.57. The quantitative estimate of drug-likeness (QED) is 0.247. The third-order valence-electron chi connectivity index (χ3n) is 7.09. The predicted octanol–water partition coefficient (Wildman–Crippen LogP) is 7.94. The number of pyridine rings is 1. The second-order valence-corrected chi connectivity index (χ2v) is 11.7. The normalized spacial score (nSPS) is 12.6. The molecule has 4 aromatic heterocycles. The molecule has 2 aromatic carbocycles. The molecule has 5 heterocycles. The van der Waals surface area contributed by atoms with Gasteiger partial charge in [-0.1, -0.05) is 24.3 Å². The summed E-state index contributed by atoms with van der Waals surface area (Å²) >= 11 is 3.52. The minimum Gasteiger partial charge on any atom is -0.268 e. The molecule has 0 atom stereocenters. The number of thiophene rings is 2. The first-order valence-corrected chi connectivity index (χ1v) is 13.2. The lowest BCUT2D eigenvalue weighted by molar-refractivity contribution is 0.0973. The molecule has 6 heteroatoms. The second-order valence-electron chi connectivity index (χ2n) is 9.17. The zero-order chi connectivity index (χ0) is 24.0. The Hall–Kier alpha value is -3.61. The summed E-state index contributed by atoms with van der Waals surface area (Å²) in [6.07, 6.45) is 1.85. The van der Waals surface area contributed by atoms with Gasteiger partial charge in [0.25, 0.3) is 5.91 Å². The van der Waals surface area contributed by atoms with Crippen molar-refractivity contribution in [2.45, 2.75) is 27.7 Å². The van der Waals surface area contributed by atoms with Crippen LogP contribution in [0.3, 0.4) is 0 Å². The van der Waals surface area contributed by atoms with E-state index in [4.69, 9.17) is 9.97 Å². The van der Waals surface area contributed by atoms with Gasteiger partial charge in [0, 0.05) is 47.8 Å². The first-order chi connectivity index (χ1) is 16.9. The summed E-state index contributed by atoms with van der Waals surface area (Å²) in [5, 5.41) is 1.05. The number of rotatable bonds is 2. The molecule has 35 heavy (non-hydrogen) atoms. The molecule has 0 aliphatic carbocycles. The summed E-state index contributed by atoms with van der Waals surface area (Å²) in [6, 6.07) is 16.3. The molecule has 0 radical (unpaired) electrons. The average molecular weight is 492 g/mol. The van der Waals surface area contributed by atoms with Crippen molar-refractivity contribution in [3.8, 4) is 32.3 Å². The molecular formula is C29H21N3OS2. The van der Waals surface area contributed by atoms with E-state index in [0.717, 1.165) is 48.4 Å². The van der Waals surface area contributed by atoms with E-state index in [2.05, 4.69) is 45.9 Å². The monoisotopic (exact) mass is 491 g/mol. The van der Waals surface area contributed by atoms with Crippen molar-refractivity contribution in [1.82, 2.24) is 14.5 Å². The summed E-state index contributed by atoms with van der Waals surface area (Å²) in [6.45, 7) is 8.57. The number of nitrogens with zero attached hydrogens (tertiary/aromatic N) is 3. The predicted molar refractivity (Wildman–Crippen MR) is 146 cm³/mol.